The lowest BCUT2D eigenvalue weighted by Gasteiger charge is -2.56. The van der Waals surface area contributed by atoms with Gasteiger partial charge in [-0.1, -0.05) is 32.1 Å². The van der Waals surface area contributed by atoms with Crippen LogP contribution in [0.5, 0.6) is 0 Å². The van der Waals surface area contributed by atoms with Gasteiger partial charge in [-0.05, 0) is 50.0 Å². The van der Waals surface area contributed by atoms with Gasteiger partial charge in [0.25, 0.3) is 0 Å². The van der Waals surface area contributed by atoms with E-state index in [2.05, 4.69) is 5.32 Å². The van der Waals surface area contributed by atoms with Crippen LogP contribution in [0.3, 0.4) is 0 Å². The molecule has 0 aliphatic heterocycles. The van der Waals surface area contributed by atoms with Crippen molar-refractivity contribution < 1.29 is 5.11 Å². The third-order valence-corrected chi connectivity index (χ3v) is 5.83. The highest BCUT2D eigenvalue weighted by atomic mass is 16.3. The summed E-state index contributed by atoms with van der Waals surface area (Å²) in [5.74, 6) is 3.67. The van der Waals surface area contributed by atoms with Gasteiger partial charge in [-0.3, -0.25) is 0 Å². The molecule has 3 fully saturated rings. The molecule has 17 heavy (non-hydrogen) atoms. The van der Waals surface area contributed by atoms with E-state index >= 15 is 0 Å². The highest BCUT2D eigenvalue weighted by molar-refractivity contribution is 5.08. The summed E-state index contributed by atoms with van der Waals surface area (Å²) in [6.45, 7) is 0.335. The number of hydrogen-bond donors (Lipinski definition) is 2. The molecule has 2 heteroatoms. The number of hydrogen-bond acceptors (Lipinski definition) is 2. The zero-order valence-electron chi connectivity index (χ0n) is 11.1. The minimum absolute atomic E-state index is 0.0804. The molecule has 0 radical (unpaired) electrons. The van der Waals surface area contributed by atoms with Gasteiger partial charge >= 0.3 is 0 Å². The molecule has 0 heterocycles. The van der Waals surface area contributed by atoms with Crippen molar-refractivity contribution in [2.75, 3.05) is 13.7 Å². The van der Waals surface area contributed by atoms with E-state index < -0.39 is 0 Å². The zero-order chi connectivity index (χ0) is 11.9. The van der Waals surface area contributed by atoms with Crippen molar-refractivity contribution in [1.82, 2.24) is 5.32 Å². The van der Waals surface area contributed by atoms with Crippen molar-refractivity contribution in [3.8, 4) is 0 Å². The van der Waals surface area contributed by atoms with E-state index in [4.69, 9.17) is 0 Å². The van der Waals surface area contributed by atoms with E-state index in [1.807, 2.05) is 7.05 Å². The van der Waals surface area contributed by atoms with Crippen LogP contribution in [-0.4, -0.2) is 24.3 Å². The average molecular weight is 237 g/mol. The largest absolute Gasteiger partial charge is 0.394 e. The van der Waals surface area contributed by atoms with Crippen molar-refractivity contribution in [2.24, 2.45) is 23.7 Å². The third-order valence-electron chi connectivity index (χ3n) is 5.83. The molecule has 0 saturated heterocycles. The van der Waals surface area contributed by atoms with E-state index in [9.17, 15) is 5.11 Å². The minimum atomic E-state index is 0.0804. The van der Waals surface area contributed by atoms with E-state index in [0.717, 1.165) is 23.7 Å². The standard InChI is InChI=1S/C15H27NO/c1-16-15(10-17)9-13(7-11-3-2-4-11)14(15)8-12-5-6-12/h11-14,16-17H,2-10H2,1H3/t13-,14+,15?/m1/s1. The van der Waals surface area contributed by atoms with E-state index in [0.29, 0.717) is 6.61 Å². The van der Waals surface area contributed by atoms with Gasteiger partial charge in [-0.2, -0.15) is 0 Å². The van der Waals surface area contributed by atoms with Gasteiger partial charge in [0.1, 0.15) is 0 Å². The molecule has 3 rings (SSSR count). The van der Waals surface area contributed by atoms with Crippen LogP contribution in [0, 0.1) is 23.7 Å². The van der Waals surface area contributed by atoms with Crippen LogP contribution >= 0.6 is 0 Å². The van der Waals surface area contributed by atoms with Gasteiger partial charge in [0.2, 0.25) is 0 Å². The summed E-state index contributed by atoms with van der Waals surface area (Å²) in [6, 6.07) is 0. The van der Waals surface area contributed by atoms with Crippen LogP contribution in [0.4, 0.5) is 0 Å². The lowest BCUT2D eigenvalue weighted by atomic mass is 9.54. The van der Waals surface area contributed by atoms with Crippen LogP contribution in [0.25, 0.3) is 0 Å². The summed E-state index contributed by atoms with van der Waals surface area (Å²) in [7, 11) is 2.04. The number of nitrogens with one attached hydrogen (secondary N) is 1. The van der Waals surface area contributed by atoms with Crippen LogP contribution in [0.2, 0.25) is 0 Å². The SMILES string of the molecule is CNC1(CO)C[C@@H](CC2CCC2)[C@@H]1CC1CC1. The Morgan fingerprint density at radius 1 is 1.12 bits per heavy atom. The summed E-state index contributed by atoms with van der Waals surface area (Å²) in [5.41, 5.74) is 0.0804. The fourth-order valence-electron chi connectivity index (χ4n) is 4.14. The van der Waals surface area contributed by atoms with Crippen molar-refractivity contribution in [1.29, 1.82) is 0 Å². The summed E-state index contributed by atoms with van der Waals surface area (Å²) in [5, 5.41) is 13.1. The first-order chi connectivity index (χ1) is 8.27. The van der Waals surface area contributed by atoms with E-state index in [-0.39, 0.29) is 5.54 Å². The molecule has 3 saturated carbocycles. The molecule has 0 spiro atoms. The van der Waals surface area contributed by atoms with Gasteiger partial charge < -0.3 is 10.4 Å². The molecule has 2 nitrogen and oxygen atoms in total. The Labute approximate surface area is 105 Å². The Bertz CT molecular complexity index is 266. The van der Waals surface area contributed by atoms with Gasteiger partial charge in [-0.15, -0.1) is 0 Å². The summed E-state index contributed by atoms with van der Waals surface area (Å²) in [6.07, 6.45) is 11.3. The molecule has 0 bridgehead atoms. The monoisotopic (exact) mass is 237 g/mol. The quantitative estimate of drug-likeness (QED) is 0.744. The zero-order valence-corrected chi connectivity index (χ0v) is 11.1. The second kappa shape index (κ2) is 4.55. The molecular formula is C15H27NO. The number of aliphatic hydroxyl groups excluding tert-OH is 1. The van der Waals surface area contributed by atoms with Gasteiger partial charge in [0.05, 0.1) is 6.61 Å². The summed E-state index contributed by atoms with van der Waals surface area (Å²) >= 11 is 0. The van der Waals surface area contributed by atoms with E-state index in [1.54, 1.807) is 0 Å². The molecule has 3 aliphatic rings. The predicted molar refractivity (Wildman–Crippen MR) is 69.8 cm³/mol. The molecule has 1 unspecified atom stereocenters. The Balaban J connectivity index is 1.59. The molecule has 3 atom stereocenters. The molecule has 0 aromatic rings. The summed E-state index contributed by atoms with van der Waals surface area (Å²) < 4.78 is 0. The Hall–Kier alpha value is -0.0800. The second-order valence-electron chi connectivity index (χ2n) is 6.85. The number of aliphatic hydroxyl groups is 1. The molecule has 3 aliphatic carbocycles. The molecule has 0 aromatic carbocycles. The fraction of sp³-hybridized carbons (Fsp3) is 1.00. The number of likely N-dealkylation sites (N-methyl/N-ethyl adjacent to an activating group) is 1. The molecule has 98 valence electrons. The van der Waals surface area contributed by atoms with Gasteiger partial charge in [-0.25, -0.2) is 0 Å². The second-order valence-corrected chi connectivity index (χ2v) is 6.85. The van der Waals surface area contributed by atoms with Crippen molar-refractivity contribution >= 4 is 0 Å². The first-order valence-corrected chi connectivity index (χ1v) is 7.57. The minimum Gasteiger partial charge on any atom is -0.394 e. The highest BCUT2D eigenvalue weighted by Gasteiger charge is 2.53. The van der Waals surface area contributed by atoms with Crippen molar-refractivity contribution in [3.63, 3.8) is 0 Å². The van der Waals surface area contributed by atoms with Gasteiger partial charge in [0, 0.05) is 5.54 Å². The Morgan fingerprint density at radius 2 is 1.82 bits per heavy atom. The first kappa shape index (κ1) is 12.0. The average Bonchev–Trinajstić information content (AvgIpc) is 3.07. The van der Waals surface area contributed by atoms with Crippen LogP contribution in [0.1, 0.15) is 51.4 Å². The van der Waals surface area contributed by atoms with Crippen LogP contribution < -0.4 is 5.32 Å². The Morgan fingerprint density at radius 3 is 2.29 bits per heavy atom. The highest BCUT2D eigenvalue weighted by Crippen LogP contribution is 2.54. The van der Waals surface area contributed by atoms with Crippen molar-refractivity contribution in [3.05, 3.63) is 0 Å². The lowest BCUT2D eigenvalue weighted by Crippen LogP contribution is -2.64. The molecule has 0 aromatic heterocycles. The molecular weight excluding hydrogens is 210 g/mol. The maximum atomic E-state index is 9.70. The van der Waals surface area contributed by atoms with Crippen molar-refractivity contribution in [2.45, 2.75) is 56.9 Å². The molecule has 2 N–H and O–H groups in total. The Kier molecular flexibility index (Phi) is 3.20. The van der Waals surface area contributed by atoms with Crippen LogP contribution in [0.15, 0.2) is 0 Å². The smallest absolute Gasteiger partial charge is 0.0616 e. The fourth-order valence-corrected chi connectivity index (χ4v) is 4.14. The normalized spacial score (nSPS) is 42.0. The maximum absolute atomic E-state index is 9.70. The first-order valence-electron chi connectivity index (χ1n) is 7.57. The predicted octanol–water partition coefficient (Wildman–Crippen LogP) is 2.56. The molecule has 0 amide bonds. The summed E-state index contributed by atoms with van der Waals surface area (Å²) in [4.78, 5) is 0. The maximum Gasteiger partial charge on any atom is 0.0616 e. The third kappa shape index (κ3) is 2.15. The number of rotatable bonds is 6. The van der Waals surface area contributed by atoms with E-state index in [1.165, 1.54) is 51.4 Å². The lowest BCUT2D eigenvalue weighted by molar-refractivity contribution is -0.0530. The van der Waals surface area contributed by atoms with Gasteiger partial charge in [0.15, 0.2) is 0 Å². The van der Waals surface area contributed by atoms with Crippen LogP contribution in [-0.2, 0) is 0 Å². The topological polar surface area (TPSA) is 32.3 Å².